The molecule has 0 radical (unpaired) electrons. The Balaban J connectivity index is 3.13. The second-order valence-electron chi connectivity index (χ2n) is 2.65. The van der Waals surface area contributed by atoms with E-state index in [1.54, 1.807) is 6.07 Å². The molecule has 0 fully saturated rings. The number of halogens is 1. The first-order valence-corrected chi connectivity index (χ1v) is 5.33. The quantitative estimate of drug-likeness (QED) is 0.463. The number of hydrogen-bond acceptors (Lipinski definition) is 4. The number of nitro groups is 1. The summed E-state index contributed by atoms with van der Waals surface area (Å²) in [7, 11) is 0. The van der Waals surface area contributed by atoms with Gasteiger partial charge in [0.2, 0.25) is 0 Å². The van der Waals surface area contributed by atoms with E-state index in [1.165, 1.54) is 6.07 Å². The van der Waals surface area contributed by atoms with Crippen molar-refractivity contribution in [1.82, 2.24) is 0 Å². The lowest BCUT2D eigenvalue weighted by atomic mass is 10.2. The lowest BCUT2D eigenvalue weighted by Gasteiger charge is -1.96. The van der Waals surface area contributed by atoms with E-state index in [-0.39, 0.29) is 5.00 Å². The van der Waals surface area contributed by atoms with Gasteiger partial charge in [0.15, 0.2) is 0 Å². The van der Waals surface area contributed by atoms with Crippen molar-refractivity contribution in [2.24, 2.45) is 0 Å². The van der Waals surface area contributed by atoms with E-state index in [0.29, 0.717) is 21.9 Å². The molecule has 0 N–H and O–H groups in total. The van der Waals surface area contributed by atoms with Gasteiger partial charge in [0.25, 0.3) is 0 Å². The molecule has 0 unspecified atom stereocenters. The van der Waals surface area contributed by atoms with Gasteiger partial charge < -0.3 is 0 Å². The first-order valence-electron chi connectivity index (χ1n) is 4.13. The Kier molecular flexibility index (Phi) is 3.83. The molecule has 1 aromatic heterocycles. The highest BCUT2D eigenvalue weighted by Crippen LogP contribution is 2.33. The SMILES string of the molecule is CC/C(C#N)=C(/Cl)c1ccc([N+](=O)[O-])s1. The van der Waals surface area contributed by atoms with Gasteiger partial charge in [-0.15, -0.1) is 0 Å². The van der Waals surface area contributed by atoms with Crippen LogP contribution in [0.2, 0.25) is 0 Å². The average molecular weight is 243 g/mol. The fraction of sp³-hybridized carbons (Fsp3) is 0.222. The number of nitriles is 1. The maximum Gasteiger partial charge on any atom is 0.324 e. The molecule has 0 amide bonds. The van der Waals surface area contributed by atoms with Gasteiger partial charge in [0.1, 0.15) is 0 Å². The summed E-state index contributed by atoms with van der Waals surface area (Å²) < 4.78 is 0. The van der Waals surface area contributed by atoms with Crippen LogP contribution in [-0.4, -0.2) is 4.92 Å². The topological polar surface area (TPSA) is 66.9 Å². The molecule has 0 aliphatic heterocycles. The van der Waals surface area contributed by atoms with Crippen LogP contribution in [0.4, 0.5) is 5.00 Å². The molecular formula is C9H7ClN2O2S. The Labute approximate surface area is 95.6 Å². The van der Waals surface area contributed by atoms with Gasteiger partial charge >= 0.3 is 5.00 Å². The van der Waals surface area contributed by atoms with Crippen LogP contribution >= 0.6 is 22.9 Å². The van der Waals surface area contributed by atoms with Crippen LogP contribution in [-0.2, 0) is 0 Å². The largest absolute Gasteiger partial charge is 0.324 e. The second-order valence-corrected chi connectivity index (χ2v) is 4.09. The fourth-order valence-corrected chi connectivity index (χ4v) is 2.12. The Morgan fingerprint density at radius 1 is 1.73 bits per heavy atom. The van der Waals surface area contributed by atoms with Crippen LogP contribution < -0.4 is 0 Å². The number of thiophene rings is 1. The maximum atomic E-state index is 10.4. The van der Waals surface area contributed by atoms with E-state index in [2.05, 4.69) is 0 Å². The van der Waals surface area contributed by atoms with Gasteiger partial charge in [-0.25, -0.2) is 0 Å². The van der Waals surface area contributed by atoms with E-state index in [0.717, 1.165) is 11.3 Å². The third-order valence-corrected chi connectivity index (χ3v) is 3.34. The molecule has 1 aromatic rings. The lowest BCUT2D eigenvalue weighted by Crippen LogP contribution is -1.81. The number of hydrogen-bond donors (Lipinski definition) is 0. The fourth-order valence-electron chi connectivity index (χ4n) is 0.976. The third-order valence-electron chi connectivity index (χ3n) is 1.74. The van der Waals surface area contributed by atoms with E-state index in [1.807, 2.05) is 13.0 Å². The van der Waals surface area contributed by atoms with Crippen molar-refractivity contribution in [2.75, 3.05) is 0 Å². The Morgan fingerprint density at radius 3 is 2.80 bits per heavy atom. The molecule has 1 rings (SSSR count). The van der Waals surface area contributed by atoms with Crippen LogP contribution in [0.3, 0.4) is 0 Å². The van der Waals surface area contributed by atoms with Crippen molar-refractivity contribution >= 4 is 33.0 Å². The molecule has 0 bridgehead atoms. The minimum absolute atomic E-state index is 0.0246. The molecule has 78 valence electrons. The van der Waals surface area contributed by atoms with Crippen molar-refractivity contribution in [1.29, 1.82) is 5.26 Å². The van der Waals surface area contributed by atoms with Crippen LogP contribution in [0.1, 0.15) is 18.2 Å². The van der Waals surface area contributed by atoms with Crippen molar-refractivity contribution in [2.45, 2.75) is 13.3 Å². The Morgan fingerprint density at radius 2 is 2.40 bits per heavy atom. The van der Waals surface area contributed by atoms with Gasteiger partial charge in [-0.1, -0.05) is 29.9 Å². The average Bonchev–Trinajstić information content (AvgIpc) is 2.68. The van der Waals surface area contributed by atoms with Crippen molar-refractivity contribution < 1.29 is 4.92 Å². The molecular weight excluding hydrogens is 236 g/mol. The van der Waals surface area contributed by atoms with Crippen LogP contribution in [0.25, 0.3) is 5.03 Å². The van der Waals surface area contributed by atoms with Gasteiger partial charge in [0, 0.05) is 11.6 Å². The number of nitrogens with zero attached hydrogens (tertiary/aromatic N) is 2. The van der Waals surface area contributed by atoms with E-state index >= 15 is 0 Å². The van der Waals surface area contributed by atoms with E-state index in [4.69, 9.17) is 16.9 Å². The van der Waals surface area contributed by atoms with Crippen LogP contribution in [0.5, 0.6) is 0 Å². The Bertz CT molecular complexity index is 459. The van der Waals surface area contributed by atoms with E-state index in [9.17, 15) is 10.1 Å². The predicted octanol–water partition coefficient (Wildman–Crippen LogP) is 3.54. The number of rotatable bonds is 3. The summed E-state index contributed by atoms with van der Waals surface area (Å²) in [6, 6.07) is 4.91. The molecule has 6 heteroatoms. The maximum absolute atomic E-state index is 10.4. The summed E-state index contributed by atoms with van der Waals surface area (Å²) in [4.78, 5) is 10.5. The highest BCUT2D eigenvalue weighted by Gasteiger charge is 2.13. The summed E-state index contributed by atoms with van der Waals surface area (Å²) in [6.07, 6.45) is 0.515. The predicted molar refractivity (Wildman–Crippen MR) is 59.7 cm³/mol. The molecule has 0 atom stereocenters. The first kappa shape index (κ1) is 11.7. The molecule has 0 aromatic carbocycles. The molecule has 0 saturated carbocycles. The smallest absolute Gasteiger partial charge is 0.258 e. The van der Waals surface area contributed by atoms with Crippen molar-refractivity contribution in [3.8, 4) is 6.07 Å². The lowest BCUT2D eigenvalue weighted by molar-refractivity contribution is -0.380. The van der Waals surface area contributed by atoms with Crippen molar-refractivity contribution in [3.63, 3.8) is 0 Å². The van der Waals surface area contributed by atoms with Gasteiger partial charge in [0.05, 0.1) is 20.9 Å². The van der Waals surface area contributed by atoms with Gasteiger partial charge in [-0.05, 0) is 12.5 Å². The summed E-state index contributed by atoms with van der Waals surface area (Å²) in [5, 5.41) is 19.5. The zero-order valence-electron chi connectivity index (χ0n) is 7.86. The van der Waals surface area contributed by atoms with Gasteiger partial charge in [-0.2, -0.15) is 5.26 Å². The minimum Gasteiger partial charge on any atom is -0.258 e. The van der Waals surface area contributed by atoms with Gasteiger partial charge in [-0.3, -0.25) is 10.1 Å². The molecule has 1 heterocycles. The van der Waals surface area contributed by atoms with Crippen molar-refractivity contribution in [3.05, 3.63) is 32.7 Å². The normalized spacial score (nSPS) is 11.8. The highest BCUT2D eigenvalue weighted by atomic mass is 35.5. The highest BCUT2D eigenvalue weighted by molar-refractivity contribution is 7.17. The third kappa shape index (κ3) is 2.55. The standard InChI is InChI=1S/C9H7ClN2O2S/c1-2-6(5-11)9(10)7-3-4-8(15-7)12(13)14/h3-4H,2H2,1H3/b9-6-. The monoisotopic (exact) mass is 242 g/mol. The van der Waals surface area contributed by atoms with Crippen LogP contribution in [0.15, 0.2) is 17.7 Å². The summed E-state index contributed by atoms with van der Waals surface area (Å²) in [5.74, 6) is 0. The second kappa shape index (κ2) is 4.91. The molecule has 0 aliphatic carbocycles. The minimum atomic E-state index is -0.476. The zero-order valence-corrected chi connectivity index (χ0v) is 9.43. The molecule has 0 aliphatic rings. The molecule has 15 heavy (non-hydrogen) atoms. The molecule has 0 spiro atoms. The summed E-state index contributed by atoms with van der Waals surface area (Å²) >= 11 is 6.90. The van der Waals surface area contributed by atoms with Crippen LogP contribution in [0, 0.1) is 21.4 Å². The summed E-state index contributed by atoms with van der Waals surface area (Å²) in [6.45, 7) is 1.81. The number of allylic oxidation sites excluding steroid dienone is 1. The molecule has 4 nitrogen and oxygen atoms in total. The van der Waals surface area contributed by atoms with E-state index < -0.39 is 4.92 Å². The first-order chi connectivity index (χ1) is 7.10. The zero-order chi connectivity index (χ0) is 11.4. The Hall–Kier alpha value is -1.38. The summed E-state index contributed by atoms with van der Waals surface area (Å²) in [5.41, 5.74) is 0.438. The molecule has 0 saturated heterocycles.